The molecule has 362 valence electrons. The fourth-order valence-corrected chi connectivity index (χ4v) is 11.1. The molecule has 4 N–H and O–H groups in total. The van der Waals surface area contributed by atoms with E-state index in [2.05, 4.69) is 89.1 Å². The van der Waals surface area contributed by atoms with E-state index in [9.17, 15) is 24.0 Å². The van der Waals surface area contributed by atoms with Gasteiger partial charge in [-0.05, 0) is 125 Å². The summed E-state index contributed by atoms with van der Waals surface area (Å²) in [6, 6.07) is 13.1. The molecule has 5 heterocycles. The lowest BCUT2D eigenvalue weighted by Crippen LogP contribution is -2.47. The fraction of sp³-hybridized carbons (Fsp3) is 0.491. The Kier molecular flexibility index (Phi) is 15.1. The standard InChI is InChI=1S/C31H39N5O4.C22H29N3O3/c1-4-34(5-2)31(40)22-16-24-23-10-9-11-25-30(23)21(17-26(24)33(3)18-22)19-35(25)20-27(37)32-14-7-6-8-15-36-28(38)12-13-29(36)39;1-3-25(9-5-8-20(26)27)22(28)15-10-17-16-6-4-7-18-21(16)14(12-23-18)11-19(17)24(2)13-15/h9-13,16,19,22,26H,4-8,14-15,17-18,20H2,1-3H3,(H,32,37);4,6-7,10,12,15,19-20,23,26-27H,3,5,8-9,11,13H2,1-2H3/t22-,26-;15-,19?/m11/s1. The third-order valence-electron chi connectivity index (χ3n) is 14.6. The number of unbranched alkanes of at least 4 members (excludes halogenated alkanes) is 2. The molecule has 3 aliphatic heterocycles. The highest BCUT2D eigenvalue weighted by atomic mass is 16.5. The number of imide groups is 1. The van der Waals surface area contributed by atoms with Crippen LogP contribution in [0.5, 0.6) is 0 Å². The highest BCUT2D eigenvalue weighted by Gasteiger charge is 2.38. The Balaban J connectivity index is 0.000000196. The number of carbonyl (C=O) groups excluding carboxylic acids is 5. The molecule has 0 saturated carbocycles. The molecule has 2 aromatic heterocycles. The molecule has 1 unspecified atom stereocenters. The number of aliphatic hydroxyl groups excluding tert-OH is 1. The number of likely N-dealkylation sites (N-methyl/N-ethyl adjacent to an activating group) is 2. The summed E-state index contributed by atoms with van der Waals surface area (Å²) in [5, 5.41) is 23.6. The van der Waals surface area contributed by atoms with Gasteiger partial charge in [-0.25, -0.2) is 0 Å². The molecule has 0 fully saturated rings. The van der Waals surface area contributed by atoms with E-state index >= 15 is 0 Å². The average Bonchev–Trinajstić information content (AvgIpc) is 4.01. The summed E-state index contributed by atoms with van der Waals surface area (Å²) in [6.45, 7) is 11.3. The van der Waals surface area contributed by atoms with Crippen LogP contribution in [0, 0.1) is 11.8 Å². The summed E-state index contributed by atoms with van der Waals surface area (Å²) in [6.07, 6.45) is 14.9. The van der Waals surface area contributed by atoms with Crippen molar-refractivity contribution in [1.29, 1.82) is 0 Å². The number of aliphatic hydroxyl groups is 2. The third kappa shape index (κ3) is 9.98. The first-order valence-electron chi connectivity index (χ1n) is 24.6. The summed E-state index contributed by atoms with van der Waals surface area (Å²) >= 11 is 0. The Morgan fingerprint density at radius 1 is 0.765 bits per heavy atom. The van der Waals surface area contributed by atoms with Crippen molar-refractivity contribution in [2.75, 3.05) is 66.5 Å². The van der Waals surface area contributed by atoms with Crippen LogP contribution >= 0.6 is 0 Å². The van der Waals surface area contributed by atoms with Gasteiger partial charge >= 0.3 is 0 Å². The van der Waals surface area contributed by atoms with Crippen LogP contribution in [0.3, 0.4) is 0 Å². The van der Waals surface area contributed by atoms with Crippen LogP contribution in [0.15, 0.2) is 73.1 Å². The summed E-state index contributed by atoms with van der Waals surface area (Å²) in [4.78, 5) is 75.4. The minimum absolute atomic E-state index is 0.0409. The maximum Gasteiger partial charge on any atom is 0.253 e. The second kappa shape index (κ2) is 21.2. The smallest absolute Gasteiger partial charge is 0.253 e. The molecule has 0 spiro atoms. The topological polar surface area (TPSA) is 175 Å². The molecule has 68 heavy (non-hydrogen) atoms. The largest absolute Gasteiger partial charge is 0.368 e. The molecule has 9 rings (SSSR count). The lowest BCUT2D eigenvalue weighted by atomic mass is 9.79. The van der Waals surface area contributed by atoms with E-state index in [1.54, 1.807) is 0 Å². The van der Waals surface area contributed by atoms with Crippen molar-refractivity contribution in [1.82, 2.24) is 39.4 Å². The first-order chi connectivity index (χ1) is 32.8. The summed E-state index contributed by atoms with van der Waals surface area (Å²) < 4.78 is 2.04. The lowest BCUT2D eigenvalue weighted by molar-refractivity contribution is -0.137. The number of benzene rings is 2. The van der Waals surface area contributed by atoms with E-state index in [0.717, 1.165) is 48.7 Å². The molecule has 15 nitrogen and oxygen atoms in total. The normalized spacial score (nSPS) is 20.8. The number of aromatic amines is 1. The van der Waals surface area contributed by atoms with Gasteiger partial charge in [-0.2, -0.15) is 0 Å². The number of hydrogen-bond donors (Lipinski definition) is 4. The minimum atomic E-state index is -1.31. The number of hydrogen-bond acceptors (Lipinski definition) is 9. The van der Waals surface area contributed by atoms with Gasteiger partial charge in [0.15, 0.2) is 6.29 Å². The van der Waals surface area contributed by atoms with Gasteiger partial charge in [0.2, 0.25) is 17.7 Å². The van der Waals surface area contributed by atoms with Crippen molar-refractivity contribution >= 4 is 62.5 Å². The predicted octanol–water partition coefficient (Wildman–Crippen LogP) is 4.57. The minimum Gasteiger partial charge on any atom is -0.368 e. The molecule has 0 saturated heterocycles. The van der Waals surface area contributed by atoms with Crippen molar-refractivity contribution in [3.05, 3.63) is 95.3 Å². The van der Waals surface area contributed by atoms with E-state index in [4.69, 9.17) is 10.2 Å². The second-order valence-electron chi connectivity index (χ2n) is 18.9. The first-order valence-corrected chi connectivity index (χ1v) is 24.6. The van der Waals surface area contributed by atoms with Gasteiger partial charge in [0.25, 0.3) is 11.8 Å². The second-order valence-corrected chi connectivity index (χ2v) is 18.9. The molecule has 4 atom stereocenters. The van der Waals surface area contributed by atoms with E-state index in [-0.39, 0.29) is 60.4 Å². The predicted molar refractivity (Wildman–Crippen MR) is 264 cm³/mol. The Labute approximate surface area is 399 Å². The van der Waals surface area contributed by atoms with Crippen LogP contribution < -0.4 is 5.32 Å². The Bertz CT molecular complexity index is 2620. The monoisotopic (exact) mass is 929 g/mol. The SMILES string of the molecule is CCN(CC)C(=O)[C@@H]1C=C2c3cccc4c3c(cn4CC(=O)NCCCCCN3C(=O)C=CC3=O)C[C@H]2N(C)C1.CCN(CCCC(O)O)C(=O)[C@@H]1C=C2c3cccc4[nH]cc(c34)CC2N(C)C1. The van der Waals surface area contributed by atoms with Crippen LogP contribution in [0.2, 0.25) is 0 Å². The van der Waals surface area contributed by atoms with Gasteiger partial charge in [0.1, 0.15) is 6.54 Å². The van der Waals surface area contributed by atoms with E-state index in [0.29, 0.717) is 64.8 Å². The van der Waals surface area contributed by atoms with Crippen LogP contribution in [0.1, 0.15) is 75.1 Å². The zero-order chi connectivity index (χ0) is 48.2. The van der Waals surface area contributed by atoms with Gasteiger partial charge in [-0.15, -0.1) is 0 Å². The highest BCUT2D eigenvalue weighted by Crippen LogP contribution is 2.43. The van der Waals surface area contributed by atoms with Crippen molar-refractivity contribution in [2.24, 2.45) is 11.8 Å². The van der Waals surface area contributed by atoms with Crippen molar-refractivity contribution < 1.29 is 34.2 Å². The summed E-state index contributed by atoms with van der Waals surface area (Å²) in [5.74, 6) is -0.566. The van der Waals surface area contributed by atoms with Crippen molar-refractivity contribution in [3.8, 4) is 0 Å². The summed E-state index contributed by atoms with van der Waals surface area (Å²) in [7, 11) is 4.21. The van der Waals surface area contributed by atoms with Gasteiger partial charge in [-0.1, -0.05) is 36.4 Å². The molecule has 4 aromatic rings. The molecular weight excluding hydrogens is 861 g/mol. The van der Waals surface area contributed by atoms with Gasteiger partial charge < -0.3 is 34.9 Å². The van der Waals surface area contributed by atoms with Crippen LogP contribution in [0.4, 0.5) is 0 Å². The van der Waals surface area contributed by atoms with Crippen LogP contribution in [-0.4, -0.2) is 159 Å². The number of amides is 5. The molecular formula is C53H68N8O7. The molecule has 5 amide bonds. The van der Waals surface area contributed by atoms with Crippen molar-refractivity contribution in [2.45, 2.75) is 90.6 Å². The third-order valence-corrected chi connectivity index (χ3v) is 14.6. The van der Waals surface area contributed by atoms with Crippen LogP contribution in [-0.2, 0) is 43.4 Å². The Morgan fingerprint density at radius 2 is 1.37 bits per heavy atom. The number of nitrogens with zero attached hydrogens (tertiary/aromatic N) is 6. The van der Waals surface area contributed by atoms with Gasteiger partial charge in [0, 0.05) is 111 Å². The molecule has 0 radical (unpaired) electrons. The Hall–Kier alpha value is -5.87. The Morgan fingerprint density at radius 3 is 2.00 bits per heavy atom. The number of H-pyrrole nitrogens is 1. The molecule has 15 heteroatoms. The lowest BCUT2D eigenvalue weighted by Gasteiger charge is -2.40. The zero-order valence-electron chi connectivity index (χ0n) is 40.2. The number of fused-ring (bicyclic) bond motifs is 4. The fourth-order valence-electron chi connectivity index (χ4n) is 11.1. The maximum atomic E-state index is 13.2. The quantitative estimate of drug-likeness (QED) is 0.0673. The van der Waals surface area contributed by atoms with E-state index in [1.807, 2.05) is 41.2 Å². The number of nitrogens with one attached hydrogen (secondary N) is 2. The average molecular weight is 929 g/mol. The molecule has 2 aliphatic carbocycles. The first kappa shape index (κ1) is 48.6. The zero-order valence-corrected chi connectivity index (χ0v) is 40.2. The van der Waals surface area contributed by atoms with E-state index in [1.165, 1.54) is 55.7 Å². The van der Waals surface area contributed by atoms with Crippen molar-refractivity contribution in [3.63, 3.8) is 0 Å². The van der Waals surface area contributed by atoms with Gasteiger partial charge in [0.05, 0.1) is 11.8 Å². The number of aromatic nitrogens is 2. The van der Waals surface area contributed by atoms with Gasteiger partial charge in [-0.3, -0.25) is 38.7 Å². The molecule has 5 aliphatic rings. The summed E-state index contributed by atoms with van der Waals surface area (Å²) in [5.41, 5.74) is 9.65. The molecule has 2 aromatic carbocycles. The van der Waals surface area contributed by atoms with Crippen LogP contribution in [0.25, 0.3) is 33.0 Å². The number of carbonyl (C=O) groups is 5. The highest BCUT2D eigenvalue weighted by molar-refractivity contribution is 6.12. The molecule has 0 bridgehead atoms. The number of rotatable bonds is 17. The van der Waals surface area contributed by atoms with E-state index < -0.39 is 6.29 Å². The maximum absolute atomic E-state index is 13.2.